The van der Waals surface area contributed by atoms with Crippen LogP contribution in [0.25, 0.3) is 10.8 Å². The monoisotopic (exact) mass is 532 g/mol. The van der Waals surface area contributed by atoms with Crippen molar-refractivity contribution in [2.75, 3.05) is 13.1 Å². The fraction of sp³-hybridized carbons (Fsp3) is 0.536. The van der Waals surface area contributed by atoms with E-state index in [9.17, 15) is 19.5 Å². The summed E-state index contributed by atoms with van der Waals surface area (Å²) in [6.07, 6.45) is 5.39. The fourth-order valence-electron chi connectivity index (χ4n) is 4.68. The van der Waals surface area contributed by atoms with E-state index >= 15 is 0 Å². The molecule has 1 aliphatic carbocycles. The molecule has 0 spiro atoms. The molecule has 0 saturated heterocycles. The van der Waals surface area contributed by atoms with Gasteiger partial charge in [0.1, 0.15) is 11.6 Å². The van der Waals surface area contributed by atoms with Gasteiger partial charge in [-0.15, -0.1) is 12.4 Å². The number of hydrogen-bond acceptors (Lipinski definition) is 5. The lowest BCUT2D eigenvalue weighted by atomic mass is 9.86. The number of nitrogens with two attached hydrogens (primary N) is 1. The molecule has 0 radical (unpaired) electrons. The summed E-state index contributed by atoms with van der Waals surface area (Å²) in [5, 5.41) is 20.2. The molecule has 0 bridgehead atoms. The number of carbonyl (C=O) groups is 3. The molecule has 8 nitrogen and oxygen atoms in total. The van der Waals surface area contributed by atoms with Gasteiger partial charge in [-0.3, -0.25) is 14.4 Å². The first-order valence-corrected chi connectivity index (χ1v) is 12.9. The van der Waals surface area contributed by atoms with E-state index in [4.69, 9.17) is 5.73 Å². The van der Waals surface area contributed by atoms with Crippen molar-refractivity contribution < 1.29 is 19.5 Å². The van der Waals surface area contributed by atoms with E-state index in [2.05, 4.69) is 16.0 Å². The number of benzene rings is 2. The quantitative estimate of drug-likeness (QED) is 0.303. The number of nitrogens with one attached hydrogen (secondary N) is 3. The van der Waals surface area contributed by atoms with E-state index in [1.807, 2.05) is 42.5 Å². The molecule has 3 rings (SSSR count). The van der Waals surface area contributed by atoms with E-state index in [-0.39, 0.29) is 37.8 Å². The average Bonchev–Trinajstić information content (AvgIpc) is 2.86. The molecule has 3 amide bonds. The smallest absolute Gasteiger partial charge is 0.245 e. The Morgan fingerprint density at radius 1 is 1.05 bits per heavy atom. The number of fused-ring (bicyclic) bond motifs is 1. The van der Waals surface area contributed by atoms with Crippen LogP contribution in [-0.4, -0.2) is 53.6 Å². The van der Waals surface area contributed by atoms with Crippen molar-refractivity contribution in [3.05, 3.63) is 48.0 Å². The Hall–Kier alpha value is -2.68. The second-order valence-corrected chi connectivity index (χ2v) is 10.4. The Labute approximate surface area is 225 Å². The zero-order valence-electron chi connectivity index (χ0n) is 21.8. The lowest BCUT2D eigenvalue weighted by Gasteiger charge is -2.29. The summed E-state index contributed by atoms with van der Waals surface area (Å²) in [5.41, 5.74) is 5.14. The van der Waals surface area contributed by atoms with Crippen LogP contribution in [-0.2, 0) is 20.8 Å². The number of carbonyl (C=O) groups excluding carboxylic acids is 3. The van der Waals surface area contributed by atoms with Gasteiger partial charge in [0.05, 0.1) is 6.10 Å². The summed E-state index contributed by atoms with van der Waals surface area (Å²) in [6.45, 7) is 3.29. The van der Waals surface area contributed by atoms with Crippen molar-refractivity contribution in [1.82, 2.24) is 16.0 Å². The molecular formula is C28H41ClN4O4. The molecule has 1 aliphatic rings. The Morgan fingerprint density at radius 3 is 2.41 bits per heavy atom. The van der Waals surface area contributed by atoms with E-state index in [1.165, 1.54) is 6.42 Å². The Morgan fingerprint density at radius 2 is 1.73 bits per heavy atom. The van der Waals surface area contributed by atoms with Crippen molar-refractivity contribution in [2.24, 2.45) is 11.7 Å². The van der Waals surface area contributed by atoms with Gasteiger partial charge in [0.2, 0.25) is 17.7 Å². The second kappa shape index (κ2) is 14.3. The van der Waals surface area contributed by atoms with Crippen LogP contribution in [0.4, 0.5) is 0 Å². The first kappa shape index (κ1) is 30.5. The van der Waals surface area contributed by atoms with Crippen LogP contribution in [0, 0.1) is 5.92 Å². The highest BCUT2D eigenvalue weighted by Crippen LogP contribution is 2.26. The number of aliphatic hydroxyl groups excluding tert-OH is 1. The van der Waals surface area contributed by atoms with Crippen molar-refractivity contribution in [2.45, 2.75) is 76.5 Å². The summed E-state index contributed by atoms with van der Waals surface area (Å²) >= 11 is 0. The summed E-state index contributed by atoms with van der Waals surface area (Å²) in [7, 11) is 0. The Kier molecular flexibility index (Phi) is 11.8. The SMILES string of the molecule is CC(C)(NC(=O)CC1CCCCC1)C(=O)N[C@H](Cc1ccc2ccccc2c1)C(=O)NCC(O)CN.Cl. The van der Waals surface area contributed by atoms with Crippen molar-refractivity contribution >= 4 is 40.9 Å². The van der Waals surface area contributed by atoms with Crippen LogP contribution in [0.1, 0.15) is 57.9 Å². The maximum absolute atomic E-state index is 13.2. The predicted octanol–water partition coefficient (Wildman–Crippen LogP) is 2.59. The highest BCUT2D eigenvalue weighted by molar-refractivity contribution is 5.94. The highest BCUT2D eigenvalue weighted by atomic mass is 35.5. The third-order valence-electron chi connectivity index (χ3n) is 6.88. The minimum Gasteiger partial charge on any atom is -0.390 e. The number of amides is 3. The molecular weight excluding hydrogens is 492 g/mol. The zero-order chi connectivity index (χ0) is 26.1. The zero-order valence-corrected chi connectivity index (χ0v) is 22.6. The number of halogens is 1. The van der Waals surface area contributed by atoms with Gasteiger partial charge >= 0.3 is 0 Å². The summed E-state index contributed by atoms with van der Waals surface area (Å²) in [5.74, 6) is -0.658. The molecule has 0 heterocycles. The van der Waals surface area contributed by atoms with E-state index in [1.54, 1.807) is 13.8 Å². The summed E-state index contributed by atoms with van der Waals surface area (Å²) < 4.78 is 0. The van der Waals surface area contributed by atoms with Gasteiger partial charge in [-0.25, -0.2) is 0 Å². The molecule has 1 fully saturated rings. The van der Waals surface area contributed by atoms with Gasteiger partial charge in [-0.1, -0.05) is 61.7 Å². The van der Waals surface area contributed by atoms with Gasteiger partial charge < -0.3 is 26.8 Å². The topological polar surface area (TPSA) is 134 Å². The van der Waals surface area contributed by atoms with Gasteiger partial charge in [-0.05, 0) is 48.9 Å². The minimum absolute atomic E-state index is 0. The van der Waals surface area contributed by atoms with Gasteiger partial charge in [-0.2, -0.15) is 0 Å². The first-order valence-electron chi connectivity index (χ1n) is 12.9. The van der Waals surface area contributed by atoms with Crippen molar-refractivity contribution in [1.29, 1.82) is 0 Å². The molecule has 2 aromatic carbocycles. The fourth-order valence-corrected chi connectivity index (χ4v) is 4.68. The van der Waals surface area contributed by atoms with Crippen LogP contribution in [0.15, 0.2) is 42.5 Å². The number of hydrogen-bond donors (Lipinski definition) is 5. The second-order valence-electron chi connectivity index (χ2n) is 10.4. The average molecular weight is 533 g/mol. The van der Waals surface area contributed by atoms with Crippen molar-refractivity contribution in [3.63, 3.8) is 0 Å². The van der Waals surface area contributed by atoms with Crippen LogP contribution >= 0.6 is 12.4 Å². The third-order valence-corrected chi connectivity index (χ3v) is 6.88. The first-order chi connectivity index (χ1) is 17.2. The maximum atomic E-state index is 13.2. The van der Waals surface area contributed by atoms with E-state index in [0.29, 0.717) is 12.3 Å². The molecule has 2 aromatic rings. The van der Waals surface area contributed by atoms with E-state index < -0.39 is 29.5 Å². The number of aliphatic hydroxyl groups is 1. The number of rotatable bonds is 11. The third kappa shape index (κ3) is 9.29. The lowest BCUT2D eigenvalue weighted by molar-refractivity contribution is -0.135. The lowest BCUT2D eigenvalue weighted by Crippen LogP contribution is -2.59. The summed E-state index contributed by atoms with van der Waals surface area (Å²) in [6, 6.07) is 12.9. The van der Waals surface area contributed by atoms with Gasteiger partial charge in [0.15, 0.2) is 0 Å². The van der Waals surface area contributed by atoms with Gasteiger partial charge in [0.25, 0.3) is 0 Å². The highest BCUT2D eigenvalue weighted by Gasteiger charge is 2.33. The van der Waals surface area contributed by atoms with Gasteiger partial charge in [0, 0.05) is 25.9 Å². The molecule has 1 unspecified atom stereocenters. The van der Waals surface area contributed by atoms with Crippen LogP contribution in [0.3, 0.4) is 0 Å². The predicted molar refractivity (Wildman–Crippen MR) is 148 cm³/mol. The molecule has 0 aliphatic heterocycles. The maximum Gasteiger partial charge on any atom is 0.245 e. The van der Waals surface area contributed by atoms with E-state index in [0.717, 1.165) is 42.0 Å². The molecule has 37 heavy (non-hydrogen) atoms. The van der Waals surface area contributed by atoms with Crippen LogP contribution < -0.4 is 21.7 Å². The molecule has 1 saturated carbocycles. The van der Waals surface area contributed by atoms with Crippen LogP contribution in [0.2, 0.25) is 0 Å². The molecule has 6 N–H and O–H groups in total. The molecule has 0 aromatic heterocycles. The molecule has 9 heteroatoms. The molecule has 204 valence electrons. The standard InChI is InChI=1S/C28H40N4O4.ClH/c1-28(2,32-25(34)16-19-8-4-3-5-9-19)27(36)31-24(26(35)30-18-23(33)17-29)15-20-12-13-21-10-6-7-11-22(21)14-20;/h6-7,10-14,19,23-24,33H,3-5,8-9,15-18,29H2,1-2H3,(H,30,35)(H,31,36)(H,32,34);1H/t23?,24-;/m1./s1. The Balaban J connectivity index is 0.00000481. The van der Waals surface area contributed by atoms with Crippen LogP contribution in [0.5, 0.6) is 0 Å². The normalized spacial score (nSPS) is 15.8. The Bertz CT molecular complexity index is 1060. The van der Waals surface area contributed by atoms with Crippen molar-refractivity contribution in [3.8, 4) is 0 Å². The summed E-state index contributed by atoms with van der Waals surface area (Å²) in [4.78, 5) is 38.9. The minimum atomic E-state index is -1.19. The molecule has 2 atom stereocenters. The largest absolute Gasteiger partial charge is 0.390 e.